The normalized spacial score (nSPS) is 20.9. The maximum absolute atomic E-state index is 12.5. The van der Waals surface area contributed by atoms with Crippen LogP contribution in [-0.4, -0.2) is 65.8 Å². The van der Waals surface area contributed by atoms with Crippen molar-refractivity contribution in [2.45, 2.75) is 65.0 Å². The van der Waals surface area contributed by atoms with E-state index in [9.17, 15) is 4.79 Å². The SMILES string of the molecule is CC(C)(C)CN(CCCO)C(=O)NC1CCN(C2CC2)CC1. The third kappa shape index (κ3) is 5.76. The van der Waals surface area contributed by atoms with Crippen LogP contribution >= 0.6 is 0 Å². The Kier molecular flexibility index (Phi) is 6.09. The van der Waals surface area contributed by atoms with Crippen molar-refractivity contribution in [1.82, 2.24) is 15.1 Å². The molecule has 0 atom stereocenters. The van der Waals surface area contributed by atoms with Crippen LogP contribution in [0.2, 0.25) is 0 Å². The quantitative estimate of drug-likeness (QED) is 0.789. The van der Waals surface area contributed by atoms with Gasteiger partial charge in [-0.3, -0.25) is 0 Å². The smallest absolute Gasteiger partial charge is 0.317 e. The van der Waals surface area contributed by atoms with Crippen LogP contribution in [0.15, 0.2) is 0 Å². The van der Waals surface area contributed by atoms with Gasteiger partial charge < -0.3 is 20.2 Å². The minimum absolute atomic E-state index is 0.0354. The van der Waals surface area contributed by atoms with Gasteiger partial charge in [-0.1, -0.05) is 20.8 Å². The van der Waals surface area contributed by atoms with Crippen LogP contribution in [0.1, 0.15) is 52.9 Å². The summed E-state index contributed by atoms with van der Waals surface area (Å²) in [6.45, 7) is 10.1. The van der Waals surface area contributed by atoms with Gasteiger partial charge in [0.25, 0.3) is 0 Å². The van der Waals surface area contributed by atoms with Gasteiger partial charge in [0.05, 0.1) is 0 Å². The first-order valence-corrected chi connectivity index (χ1v) is 8.79. The fourth-order valence-corrected chi connectivity index (χ4v) is 3.20. The molecule has 2 rings (SSSR count). The first-order chi connectivity index (χ1) is 10.4. The molecular formula is C17H33N3O2. The molecule has 1 saturated carbocycles. The number of hydrogen-bond donors (Lipinski definition) is 2. The highest BCUT2D eigenvalue weighted by Gasteiger charge is 2.32. The highest BCUT2D eigenvalue weighted by molar-refractivity contribution is 5.74. The number of rotatable bonds is 6. The number of aliphatic hydroxyl groups excluding tert-OH is 1. The predicted molar refractivity (Wildman–Crippen MR) is 88.9 cm³/mol. The number of nitrogens with zero attached hydrogens (tertiary/aromatic N) is 2. The Bertz CT molecular complexity index is 355. The Morgan fingerprint density at radius 1 is 1.23 bits per heavy atom. The Hall–Kier alpha value is -0.810. The number of nitrogens with one attached hydrogen (secondary N) is 1. The molecule has 2 aliphatic rings. The molecule has 0 aromatic heterocycles. The maximum Gasteiger partial charge on any atom is 0.317 e. The van der Waals surface area contributed by atoms with Crippen LogP contribution < -0.4 is 5.32 Å². The van der Waals surface area contributed by atoms with E-state index in [4.69, 9.17) is 5.11 Å². The zero-order valence-electron chi connectivity index (χ0n) is 14.5. The molecule has 22 heavy (non-hydrogen) atoms. The van der Waals surface area contributed by atoms with E-state index in [1.54, 1.807) is 0 Å². The number of carbonyl (C=O) groups excluding carboxylic acids is 1. The lowest BCUT2D eigenvalue weighted by molar-refractivity contribution is 0.149. The average Bonchev–Trinajstić information content (AvgIpc) is 3.27. The van der Waals surface area contributed by atoms with E-state index in [0.29, 0.717) is 19.0 Å². The van der Waals surface area contributed by atoms with E-state index in [-0.39, 0.29) is 18.1 Å². The van der Waals surface area contributed by atoms with Crippen LogP contribution in [0.4, 0.5) is 4.79 Å². The molecule has 5 heteroatoms. The minimum atomic E-state index is 0.0354. The topological polar surface area (TPSA) is 55.8 Å². The summed E-state index contributed by atoms with van der Waals surface area (Å²) in [6.07, 6.45) is 5.48. The van der Waals surface area contributed by atoms with Gasteiger partial charge in [-0.05, 0) is 37.5 Å². The van der Waals surface area contributed by atoms with E-state index >= 15 is 0 Å². The van der Waals surface area contributed by atoms with Crippen molar-refractivity contribution >= 4 is 6.03 Å². The Balaban J connectivity index is 1.79. The number of carbonyl (C=O) groups is 1. The Morgan fingerprint density at radius 3 is 2.36 bits per heavy atom. The fraction of sp³-hybridized carbons (Fsp3) is 0.941. The van der Waals surface area contributed by atoms with Crippen molar-refractivity contribution in [1.29, 1.82) is 0 Å². The molecule has 0 radical (unpaired) electrons. The van der Waals surface area contributed by atoms with Gasteiger partial charge in [0.15, 0.2) is 0 Å². The first-order valence-electron chi connectivity index (χ1n) is 8.79. The van der Waals surface area contributed by atoms with Crippen LogP contribution in [0, 0.1) is 5.41 Å². The molecule has 5 nitrogen and oxygen atoms in total. The second-order valence-corrected chi connectivity index (χ2v) is 8.05. The molecule has 2 N–H and O–H groups in total. The van der Waals surface area contributed by atoms with Crippen molar-refractivity contribution < 1.29 is 9.90 Å². The summed E-state index contributed by atoms with van der Waals surface area (Å²) in [6, 6.07) is 1.17. The fourth-order valence-electron chi connectivity index (χ4n) is 3.20. The third-order valence-electron chi connectivity index (χ3n) is 4.46. The average molecular weight is 311 g/mol. The number of aliphatic hydroxyl groups is 1. The number of urea groups is 1. The zero-order chi connectivity index (χ0) is 16.2. The molecule has 0 bridgehead atoms. The number of hydrogen-bond acceptors (Lipinski definition) is 3. The molecule has 2 amide bonds. The van der Waals surface area contributed by atoms with Gasteiger partial charge in [-0.25, -0.2) is 4.79 Å². The molecule has 1 aliphatic carbocycles. The predicted octanol–water partition coefficient (Wildman–Crippen LogP) is 2.05. The van der Waals surface area contributed by atoms with Gasteiger partial charge in [-0.2, -0.15) is 0 Å². The highest BCUT2D eigenvalue weighted by Crippen LogP contribution is 2.29. The number of likely N-dealkylation sites (tertiary alicyclic amines) is 1. The van der Waals surface area contributed by atoms with Gasteiger partial charge in [-0.15, -0.1) is 0 Å². The maximum atomic E-state index is 12.5. The van der Waals surface area contributed by atoms with Gasteiger partial charge in [0.2, 0.25) is 0 Å². The third-order valence-corrected chi connectivity index (χ3v) is 4.46. The molecule has 1 heterocycles. The van der Waals surface area contributed by atoms with E-state index in [1.807, 2.05) is 4.90 Å². The summed E-state index contributed by atoms with van der Waals surface area (Å²) >= 11 is 0. The summed E-state index contributed by atoms with van der Waals surface area (Å²) in [7, 11) is 0. The van der Waals surface area contributed by atoms with Crippen molar-refractivity contribution in [3.8, 4) is 0 Å². The lowest BCUT2D eigenvalue weighted by Crippen LogP contribution is -2.51. The van der Waals surface area contributed by atoms with E-state index in [0.717, 1.165) is 38.5 Å². The lowest BCUT2D eigenvalue weighted by atomic mass is 9.96. The van der Waals surface area contributed by atoms with Crippen LogP contribution in [-0.2, 0) is 0 Å². The van der Waals surface area contributed by atoms with Crippen molar-refractivity contribution in [2.75, 3.05) is 32.8 Å². The summed E-state index contributed by atoms with van der Waals surface area (Å²) < 4.78 is 0. The van der Waals surface area contributed by atoms with Gasteiger partial charge >= 0.3 is 6.03 Å². The molecule has 0 aromatic carbocycles. The number of piperidine rings is 1. The van der Waals surface area contributed by atoms with E-state index in [1.165, 1.54) is 12.8 Å². The van der Waals surface area contributed by atoms with Gasteiger partial charge in [0.1, 0.15) is 0 Å². The van der Waals surface area contributed by atoms with Crippen molar-refractivity contribution in [3.05, 3.63) is 0 Å². The molecule has 1 aliphatic heterocycles. The Morgan fingerprint density at radius 2 is 1.86 bits per heavy atom. The van der Waals surface area contributed by atoms with Crippen LogP contribution in [0.5, 0.6) is 0 Å². The minimum Gasteiger partial charge on any atom is -0.396 e. The lowest BCUT2D eigenvalue weighted by Gasteiger charge is -2.35. The molecule has 1 saturated heterocycles. The summed E-state index contributed by atoms with van der Waals surface area (Å²) in [5.74, 6) is 0. The largest absolute Gasteiger partial charge is 0.396 e. The monoisotopic (exact) mass is 311 g/mol. The molecule has 0 aromatic rings. The standard InChI is InChI=1S/C17H33N3O2/c1-17(2,3)13-20(9-4-12-21)16(22)18-14-7-10-19(11-8-14)15-5-6-15/h14-15,21H,4-13H2,1-3H3,(H,18,22). The number of amides is 2. The summed E-state index contributed by atoms with van der Waals surface area (Å²) in [5.41, 5.74) is 0.0716. The highest BCUT2D eigenvalue weighted by atomic mass is 16.3. The second kappa shape index (κ2) is 7.64. The van der Waals surface area contributed by atoms with Gasteiger partial charge in [0, 0.05) is 44.9 Å². The first kappa shape index (κ1) is 17.5. The van der Waals surface area contributed by atoms with Crippen LogP contribution in [0.25, 0.3) is 0 Å². The zero-order valence-corrected chi connectivity index (χ0v) is 14.5. The molecule has 0 unspecified atom stereocenters. The van der Waals surface area contributed by atoms with Crippen LogP contribution in [0.3, 0.4) is 0 Å². The van der Waals surface area contributed by atoms with Crippen molar-refractivity contribution in [3.63, 3.8) is 0 Å². The molecule has 128 valence electrons. The Labute approximate surface area is 135 Å². The molecule has 0 spiro atoms. The second-order valence-electron chi connectivity index (χ2n) is 8.05. The van der Waals surface area contributed by atoms with E-state index < -0.39 is 0 Å². The molecular weight excluding hydrogens is 278 g/mol. The van der Waals surface area contributed by atoms with Crippen molar-refractivity contribution in [2.24, 2.45) is 5.41 Å². The molecule has 2 fully saturated rings. The summed E-state index contributed by atoms with van der Waals surface area (Å²) in [4.78, 5) is 17.0. The summed E-state index contributed by atoms with van der Waals surface area (Å²) in [5, 5.41) is 12.2. The van der Waals surface area contributed by atoms with E-state index in [2.05, 4.69) is 31.0 Å².